The number of hydrogen-bond donors (Lipinski definition) is 0. The van der Waals surface area contributed by atoms with Crippen LogP contribution in [0.2, 0.25) is 0 Å². The van der Waals surface area contributed by atoms with Gasteiger partial charge >= 0.3 is 0 Å². The van der Waals surface area contributed by atoms with Crippen LogP contribution in [0.4, 0.5) is 4.39 Å². The molecule has 0 amide bonds. The normalized spacial score (nSPS) is 15.5. The Kier molecular flexibility index (Phi) is 2.95. The van der Waals surface area contributed by atoms with Gasteiger partial charge in [0.05, 0.1) is 24.5 Å². The fraction of sp³-hybridized carbons (Fsp3) is 0.636. The van der Waals surface area contributed by atoms with Crippen molar-refractivity contribution in [1.82, 2.24) is 9.97 Å². The fourth-order valence-corrected chi connectivity index (χ4v) is 1.70. The Morgan fingerprint density at radius 1 is 1.40 bits per heavy atom. The second kappa shape index (κ2) is 4.23. The predicted molar refractivity (Wildman–Crippen MR) is 53.9 cm³/mol. The quantitative estimate of drug-likeness (QED) is 0.699. The van der Waals surface area contributed by atoms with Gasteiger partial charge in [0, 0.05) is 12.8 Å². The molecule has 0 saturated heterocycles. The van der Waals surface area contributed by atoms with Crippen LogP contribution in [0, 0.1) is 11.9 Å². The Hall–Kier alpha value is -1.03. The largest absolute Gasteiger partial charge is 0.376 e. The zero-order valence-corrected chi connectivity index (χ0v) is 9.09. The van der Waals surface area contributed by atoms with Crippen LogP contribution in [-0.2, 0) is 24.2 Å². The van der Waals surface area contributed by atoms with Gasteiger partial charge in [0.15, 0.2) is 0 Å². The molecular formula is C11H15FN2O. The van der Waals surface area contributed by atoms with Gasteiger partial charge in [-0.3, -0.25) is 0 Å². The summed E-state index contributed by atoms with van der Waals surface area (Å²) in [6, 6.07) is 0. The maximum Gasteiger partial charge on any atom is 0.221 e. The van der Waals surface area contributed by atoms with Gasteiger partial charge in [-0.05, 0) is 5.92 Å². The van der Waals surface area contributed by atoms with Crippen molar-refractivity contribution in [2.45, 2.75) is 33.3 Å². The van der Waals surface area contributed by atoms with Crippen LogP contribution in [0.3, 0.4) is 0 Å². The molecule has 0 atom stereocenters. The molecule has 4 heteroatoms. The lowest BCUT2D eigenvalue weighted by atomic mass is 10.1. The van der Waals surface area contributed by atoms with Gasteiger partial charge in [-0.15, -0.1) is 0 Å². The van der Waals surface area contributed by atoms with Crippen molar-refractivity contribution in [1.29, 1.82) is 0 Å². The van der Waals surface area contributed by atoms with Gasteiger partial charge in [-0.25, -0.2) is 9.97 Å². The highest BCUT2D eigenvalue weighted by Crippen LogP contribution is 2.17. The van der Waals surface area contributed by atoms with E-state index in [1.807, 2.05) is 0 Å². The zero-order valence-electron chi connectivity index (χ0n) is 9.09. The van der Waals surface area contributed by atoms with Gasteiger partial charge < -0.3 is 4.74 Å². The molecule has 0 unspecified atom stereocenters. The van der Waals surface area contributed by atoms with Crippen molar-refractivity contribution in [3.05, 3.63) is 23.0 Å². The van der Waals surface area contributed by atoms with Crippen LogP contribution in [0.1, 0.15) is 30.9 Å². The van der Waals surface area contributed by atoms with Crippen molar-refractivity contribution >= 4 is 0 Å². The highest BCUT2D eigenvalue weighted by atomic mass is 19.1. The number of hydrogen-bond acceptors (Lipinski definition) is 3. The summed E-state index contributed by atoms with van der Waals surface area (Å²) >= 11 is 0. The van der Waals surface area contributed by atoms with E-state index in [4.69, 9.17) is 4.74 Å². The first-order valence-corrected chi connectivity index (χ1v) is 5.28. The van der Waals surface area contributed by atoms with Gasteiger partial charge in [-0.1, -0.05) is 13.8 Å². The van der Waals surface area contributed by atoms with Gasteiger partial charge in [0.1, 0.15) is 5.82 Å². The SMILES string of the molecule is CC(C)Cc1nc(F)c2c(n1)CCOC2. The van der Waals surface area contributed by atoms with E-state index < -0.39 is 5.95 Å². The van der Waals surface area contributed by atoms with Crippen LogP contribution in [-0.4, -0.2) is 16.6 Å². The molecule has 0 spiro atoms. The molecule has 2 heterocycles. The van der Waals surface area contributed by atoms with E-state index >= 15 is 0 Å². The van der Waals surface area contributed by atoms with Crippen LogP contribution in [0.15, 0.2) is 0 Å². The lowest BCUT2D eigenvalue weighted by Gasteiger charge is -2.16. The molecular weight excluding hydrogens is 195 g/mol. The van der Waals surface area contributed by atoms with Gasteiger partial charge in [-0.2, -0.15) is 4.39 Å². The fourth-order valence-electron chi connectivity index (χ4n) is 1.70. The Balaban J connectivity index is 2.32. The van der Waals surface area contributed by atoms with E-state index in [-0.39, 0.29) is 0 Å². The molecule has 0 aliphatic carbocycles. The molecule has 2 rings (SSSR count). The molecule has 1 aliphatic heterocycles. The van der Waals surface area contributed by atoms with Crippen LogP contribution >= 0.6 is 0 Å². The summed E-state index contributed by atoms with van der Waals surface area (Å²) < 4.78 is 18.7. The van der Waals surface area contributed by atoms with Crippen LogP contribution in [0.5, 0.6) is 0 Å². The first kappa shape index (κ1) is 10.5. The zero-order chi connectivity index (χ0) is 10.8. The number of halogens is 1. The highest BCUT2D eigenvalue weighted by Gasteiger charge is 2.18. The first-order chi connectivity index (χ1) is 7.16. The van der Waals surface area contributed by atoms with E-state index in [0.717, 1.165) is 12.1 Å². The summed E-state index contributed by atoms with van der Waals surface area (Å²) in [6.45, 7) is 5.08. The molecule has 82 valence electrons. The lowest BCUT2D eigenvalue weighted by Crippen LogP contribution is -2.17. The lowest BCUT2D eigenvalue weighted by molar-refractivity contribution is 0.105. The van der Waals surface area contributed by atoms with E-state index in [2.05, 4.69) is 23.8 Å². The molecule has 0 saturated carbocycles. The smallest absolute Gasteiger partial charge is 0.221 e. The molecule has 0 aromatic carbocycles. The molecule has 1 aromatic rings. The van der Waals surface area contributed by atoms with E-state index in [1.54, 1.807) is 0 Å². The molecule has 3 nitrogen and oxygen atoms in total. The van der Waals surface area contributed by atoms with Crippen LogP contribution in [0.25, 0.3) is 0 Å². The number of nitrogens with zero attached hydrogens (tertiary/aromatic N) is 2. The number of ether oxygens (including phenoxy) is 1. The molecule has 0 N–H and O–H groups in total. The second-order valence-electron chi connectivity index (χ2n) is 4.26. The summed E-state index contributed by atoms with van der Waals surface area (Å²) in [7, 11) is 0. The summed E-state index contributed by atoms with van der Waals surface area (Å²) in [5.41, 5.74) is 1.36. The monoisotopic (exact) mass is 210 g/mol. The van der Waals surface area contributed by atoms with Crippen molar-refractivity contribution in [3.8, 4) is 0 Å². The molecule has 15 heavy (non-hydrogen) atoms. The maximum absolute atomic E-state index is 13.6. The maximum atomic E-state index is 13.6. The molecule has 1 aromatic heterocycles. The third-order valence-electron chi connectivity index (χ3n) is 2.41. The Morgan fingerprint density at radius 3 is 2.93 bits per heavy atom. The standard InChI is InChI=1S/C11H15FN2O/c1-7(2)5-10-13-9-3-4-15-6-8(9)11(12)14-10/h7H,3-6H2,1-2H3. The third kappa shape index (κ3) is 2.31. The minimum absolute atomic E-state index is 0.309. The third-order valence-corrected chi connectivity index (χ3v) is 2.41. The predicted octanol–water partition coefficient (Wildman–Crippen LogP) is 1.89. The van der Waals surface area contributed by atoms with Crippen LogP contribution < -0.4 is 0 Å². The average Bonchev–Trinajstić information content (AvgIpc) is 2.16. The van der Waals surface area contributed by atoms with E-state index in [9.17, 15) is 4.39 Å². The molecule has 0 radical (unpaired) electrons. The first-order valence-electron chi connectivity index (χ1n) is 5.28. The number of rotatable bonds is 2. The summed E-state index contributed by atoms with van der Waals surface area (Å²) in [5, 5.41) is 0. The average molecular weight is 210 g/mol. The van der Waals surface area contributed by atoms with Gasteiger partial charge in [0.2, 0.25) is 5.95 Å². The van der Waals surface area contributed by atoms with Crippen molar-refractivity contribution in [3.63, 3.8) is 0 Å². The second-order valence-corrected chi connectivity index (χ2v) is 4.26. The Morgan fingerprint density at radius 2 is 2.20 bits per heavy atom. The number of fused-ring (bicyclic) bond motifs is 1. The topological polar surface area (TPSA) is 35.0 Å². The van der Waals surface area contributed by atoms with Crippen molar-refractivity contribution in [2.75, 3.05) is 6.61 Å². The summed E-state index contributed by atoms with van der Waals surface area (Å²) in [5.74, 6) is 0.654. The Labute approximate surface area is 88.7 Å². The Bertz CT molecular complexity index is 366. The summed E-state index contributed by atoms with van der Waals surface area (Å²) in [4.78, 5) is 8.25. The van der Waals surface area contributed by atoms with Gasteiger partial charge in [0.25, 0.3) is 0 Å². The minimum atomic E-state index is -0.407. The number of aromatic nitrogens is 2. The highest BCUT2D eigenvalue weighted by molar-refractivity contribution is 5.20. The molecule has 1 aliphatic rings. The molecule has 0 fully saturated rings. The minimum Gasteiger partial charge on any atom is -0.376 e. The van der Waals surface area contributed by atoms with Crippen molar-refractivity contribution < 1.29 is 9.13 Å². The van der Waals surface area contributed by atoms with Crippen molar-refractivity contribution in [2.24, 2.45) is 5.92 Å². The molecule has 0 bridgehead atoms. The van der Waals surface area contributed by atoms with E-state index in [0.29, 0.717) is 36.9 Å². The summed E-state index contributed by atoms with van der Waals surface area (Å²) in [6.07, 6.45) is 1.42. The van der Waals surface area contributed by atoms with E-state index in [1.165, 1.54) is 0 Å².